The molecule has 1 aromatic carbocycles. The summed E-state index contributed by atoms with van der Waals surface area (Å²) in [4.78, 5) is 6.70. The molecule has 0 radical (unpaired) electrons. The topological polar surface area (TPSA) is 51.4 Å². The number of hydrogen-bond donors (Lipinski definition) is 1. The lowest BCUT2D eigenvalue weighted by Crippen LogP contribution is -2.28. The van der Waals surface area contributed by atoms with E-state index in [1.807, 2.05) is 30.3 Å². The lowest BCUT2D eigenvalue weighted by molar-refractivity contribution is 0.279. The maximum atomic E-state index is 6.13. The minimum absolute atomic E-state index is 0.264. The minimum Gasteiger partial charge on any atom is -0.487 e. The van der Waals surface area contributed by atoms with E-state index in [4.69, 9.17) is 10.5 Å². The van der Waals surface area contributed by atoms with Crippen molar-refractivity contribution in [2.75, 3.05) is 13.1 Å². The van der Waals surface area contributed by atoms with Crippen LogP contribution in [-0.2, 0) is 13.2 Å². The number of likely N-dealkylation sites (tertiary alicyclic amines) is 1. The first kappa shape index (κ1) is 16.4. The van der Waals surface area contributed by atoms with Gasteiger partial charge < -0.3 is 10.5 Å². The molecule has 1 saturated heterocycles. The molecule has 2 unspecified atom stereocenters. The summed E-state index contributed by atoms with van der Waals surface area (Å²) in [6.45, 7) is 5.52. The first-order valence-electron chi connectivity index (χ1n) is 7.91. The van der Waals surface area contributed by atoms with E-state index in [1.165, 1.54) is 5.56 Å². The number of pyridine rings is 1. The van der Waals surface area contributed by atoms with E-state index in [1.54, 1.807) is 6.20 Å². The average molecular weight is 376 g/mol. The minimum atomic E-state index is 0.264. The molecule has 1 aromatic heterocycles. The van der Waals surface area contributed by atoms with Gasteiger partial charge in [-0.15, -0.1) is 0 Å². The highest BCUT2D eigenvalue weighted by Crippen LogP contribution is 2.27. The van der Waals surface area contributed by atoms with E-state index >= 15 is 0 Å². The average Bonchev–Trinajstić information content (AvgIpc) is 2.85. The zero-order chi connectivity index (χ0) is 16.2. The SMILES string of the molecule is CC1CN(Cc2cc(Br)ccc2OCc2ccccn2)CC1N. The third-order valence-electron chi connectivity index (χ3n) is 4.26. The lowest BCUT2D eigenvalue weighted by Gasteiger charge is -2.18. The number of benzene rings is 1. The number of ether oxygens (including phenoxy) is 1. The molecule has 1 aliphatic rings. The van der Waals surface area contributed by atoms with Gasteiger partial charge in [0, 0.05) is 41.9 Å². The van der Waals surface area contributed by atoms with Gasteiger partial charge in [0.15, 0.2) is 0 Å². The van der Waals surface area contributed by atoms with Gasteiger partial charge in [-0.3, -0.25) is 9.88 Å². The van der Waals surface area contributed by atoms with E-state index in [2.05, 4.69) is 38.8 Å². The molecule has 0 amide bonds. The van der Waals surface area contributed by atoms with Crippen LogP contribution in [0.25, 0.3) is 0 Å². The van der Waals surface area contributed by atoms with Crippen molar-refractivity contribution in [2.45, 2.75) is 26.1 Å². The summed E-state index contributed by atoms with van der Waals surface area (Å²) in [6, 6.07) is 12.3. The van der Waals surface area contributed by atoms with E-state index in [9.17, 15) is 0 Å². The highest BCUT2D eigenvalue weighted by atomic mass is 79.9. The lowest BCUT2D eigenvalue weighted by atomic mass is 10.1. The normalized spacial score (nSPS) is 21.5. The fraction of sp³-hybridized carbons (Fsp3) is 0.389. The zero-order valence-electron chi connectivity index (χ0n) is 13.3. The summed E-state index contributed by atoms with van der Waals surface area (Å²) < 4.78 is 7.07. The summed E-state index contributed by atoms with van der Waals surface area (Å²) >= 11 is 3.55. The van der Waals surface area contributed by atoms with E-state index < -0.39 is 0 Å². The Kier molecular flexibility index (Phi) is 5.30. The van der Waals surface area contributed by atoms with Crippen molar-refractivity contribution >= 4 is 15.9 Å². The highest BCUT2D eigenvalue weighted by molar-refractivity contribution is 9.10. The van der Waals surface area contributed by atoms with Crippen molar-refractivity contribution in [3.63, 3.8) is 0 Å². The van der Waals surface area contributed by atoms with Crippen molar-refractivity contribution in [3.05, 3.63) is 58.3 Å². The van der Waals surface area contributed by atoms with Crippen LogP contribution in [-0.4, -0.2) is 29.0 Å². The van der Waals surface area contributed by atoms with Gasteiger partial charge in [0.1, 0.15) is 12.4 Å². The van der Waals surface area contributed by atoms with Gasteiger partial charge in [-0.1, -0.05) is 28.9 Å². The fourth-order valence-corrected chi connectivity index (χ4v) is 3.32. The highest BCUT2D eigenvalue weighted by Gasteiger charge is 2.27. The van der Waals surface area contributed by atoms with Crippen molar-refractivity contribution in [3.8, 4) is 5.75 Å². The molecule has 0 saturated carbocycles. The molecule has 3 rings (SSSR count). The molecule has 2 aromatic rings. The Balaban J connectivity index is 1.70. The number of halogens is 1. The summed E-state index contributed by atoms with van der Waals surface area (Å²) in [5, 5.41) is 0. The van der Waals surface area contributed by atoms with Crippen LogP contribution in [0.3, 0.4) is 0 Å². The number of aromatic nitrogens is 1. The van der Waals surface area contributed by atoms with Gasteiger partial charge in [-0.05, 0) is 36.2 Å². The predicted molar refractivity (Wildman–Crippen MR) is 95.1 cm³/mol. The summed E-state index contributed by atoms with van der Waals surface area (Å²) in [5.74, 6) is 1.45. The molecule has 2 N–H and O–H groups in total. The van der Waals surface area contributed by atoms with Gasteiger partial charge in [-0.2, -0.15) is 0 Å². The van der Waals surface area contributed by atoms with Gasteiger partial charge in [-0.25, -0.2) is 0 Å². The number of nitrogens with two attached hydrogens (primary N) is 1. The first-order chi connectivity index (χ1) is 11.1. The van der Waals surface area contributed by atoms with Gasteiger partial charge >= 0.3 is 0 Å². The van der Waals surface area contributed by atoms with Crippen molar-refractivity contribution in [1.82, 2.24) is 9.88 Å². The molecule has 5 heteroatoms. The fourth-order valence-electron chi connectivity index (χ4n) is 2.91. The van der Waals surface area contributed by atoms with Crippen LogP contribution in [0.15, 0.2) is 47.1 Å². The van der Waals surface area contributed by atoms with Crippen molar-refractivity contribution in [1.29, 1.82) is 0 Å². The monoisotopic (exact) mass is 375 g/mol. The van der Waals surface area contributed by atoms with Crippen LogP contribution in [0.1, 0.15) is 18.2 Å². The molecular weight excluding hydrogens is 354 g/mol. The third-order valence-corrected chi connectivity index (χ3v) is 4.76. The largest absolute Gasteiger partial charge is 0.487 e. The molecule has 2 atom stereocenters. The molecule has 0 spiro atoms. The molecule has 0 bridgehead atoms. The number of nitrogens with zero attached hydrogens (tertiary/aromatic N) is 2. The molecule has 1 fully saturated rings. The number of rotatable bonds is 5. The first-order valence-corrected chi connectivity index (χ1v) is 8.70. The molecule has 23 heavy (non-hydrogen) atoms. The molecule has 0 aliphatic carbocycles. The molecule has 1 aliphatic heterocycles. The van der Waals surface area contributed by atoms with E-state index in [0.29, 0.717) is 12.5 Å². The van der Waals surface area contributed by atoms with Gasteiger partial charge in [0.05, 0.1) is 5.69 Å². The molecule has 4 nitrogen and oxygen atoms in total. The van der Waals surface area contributed by atoms with Gasteiger partial charge in [0.25, 0.3) is 0 Å². The smallest absolute Gasteiger partial charge is 0.130 e. The van der Waals surface area contributed by atoms with Crippen LogP contribution in [0.4, 0.5) is 0 Å². The Morgan fingerprint density at radius 2 is 2.17 bits per heavy atom. The predicted octanol–water partition coefficient (Wildman–Crippen LogP) is 3.20. The van der Waals surface area contributed by atoms with Crippen LogP contribution >= 0.6 is 15.9 Å². The summed E-state index contributed by atoms with van der Waals surface area (Å²) in [5.41, 5.74) is 8.24. The molecule has 122 valence electrons. The maximum absolute atomic E-state index is 6.13. The third kappa shape index (κ3) is 4.31. The van der Waals surface area contributed by atoms with Crippen LogP contribution in [0, 0.1) is 5.92 Å². The second-order valence-corrected chi connectivity index (χ2v) is 7.11. The second kappa shape index (κ2) is 7.43. The van der Waals surface area contributed by atoms with Crippen molar-refractivity contribution in [2.24, 2.45) is 11.7 Å². The molecule has 2 heterocycles. The number of hydrogen-bond acceptors (Lipinski definition) is 4. The Hall–Kier alpha value is -1.43. The van der Waals surface area contributed by atoms with E-state index in [-0.39, 0.29) is 6.04 Å². The Bertz CT molecular complexity index is 640. The van der Waals surface area contributed by atoms with Crippen molar-refractivity contribution < 1.29 is 4.74 Å². The quantitative estimate of drug-likeness (QED) is 0.871. The summed E-state index contributed by atoms with van der Waals surface area (Å²) in [7, 11) is 0. The molecular formula is C18H22BrN3O. The van der Waals surface area contributed by atoms with Gasteiger partial charge in [0.2, 0.25) is 0 Å². The van der Waals surface area contributed by atoms with Crippen LogP contribution in [0.5, 0.6) is 5.75 Å². The maximum Gasteiger partial charge on any atom is 0.130 e. The Morgan fingerprint density at radius 1 is 1.30 bits per heavy atom. The second-order valence-electron chi connectivity index (χ2n) is 6.20. The summed E-state index contributed by atoms with van der Waals surface area (Å²) in [6.07, 6.45) is 1.79. The standard InChI is InChI=1S/C18H22BrN3O/c1-13-9-22(11-17(13)20)10-14-8-15(19)5-6-18(14)23-12-16-4-2-3-7-21-16/h2-8,13,17H,9-12,20H2,1H3. The Labute approximate surface area is 145 Å². The van der Waals surface area contributed by atoms with Crippen LogP contribution in [0.2, 0.25) is 0 Å². The van der Waals surface area contributed by atoms with E-state index in [0.717, 1.165) is 35.6 Å². The van der Waals surface area contributed by atoms with Crippen LogP contribution < -0.4 is 10.5 Å². The zero-order valence-corrected chi connectivity index (χ0v) is 14.9. The Morgan fingerprint density at radius 3 is 2.87 bits per heavy atom.